The Kier molecular flexibility index (Phi) is 7.99. The molecule has 0 amide bonds. The molecule has 3 N–H and O–H groups in total. The van der Waals surface area contributed by atoms with Crippen LogP contribution in [0.1, 0.15) is 11.1 Å². The highest BCUT2D eigenvalue weighted by Crippen LogP contribution is 2.40. The second-order valence-electron chi connectivity index (χ2n) is 5.34. The number of benzene rings is 2. The molecule has 9 heteroatoms. The Labute approximate surface area is 176 Å². The van der Waals surface area contributed by atoms with Gasteiger partial charge in [-0.1, -0.05) is 40.6 Å². The highest BCUT2D eigenvalue weighted by molar-refractivity contribution is 14.1. The fourth-order valence-corrected chi connectivity index (χ4v) is 3.86. The van der Waals surface area contributed by atoms with Crippen molar-refractivity contribution in [2.75, 3.05) is 34.2 Å². The van der Waals surface area contributed by atoms with E-state index in [2.05, 4.69) is 22.4 Å². The van der Waals surface area contributed by atoms with Crippen molar-refractivity contribution in [3.8, 4) is 23.0 Å². The van der Waals surface area contributed by atoms with Crippen LogP contribution in [-0.2, 0) is 4.65 Å². The van der Waals surface area contributed by atoms with Crippen LogP contribution < -0.4 is 19.9 Å². The van der Waals surface area contributed by atoms with E-state index in [4.69, 9.17) is 24.6 Å². The average molecular weight is 501 g/mol. The van der Waals surface area contributed by atoms with E-state index >= 15 is 0 Å². The van der Waals surface area contributed by atoms with Crippen molar-refractivity contribution in [3.05, 3.63) is 35.4 Å². The Balaban J connectivity index is 2.34. The van der Waals surface area contributed by atoms with Gasteiger partial charge in [0.25, 0.3) is 0 Å². The molecule has 0 atom stereocenters. The number of hydrogen-bond donors (Lipinski definition) is 2. The summed E-state index contributed by atoms with van der Waals surface area (Å²) in [6, 6.07) is 7.33. The third-order valence-electron chi connectivity index (χ3n) is 3.76. The van der Waals surface area contributed by atoms with Crippen LogP contribution in [0, 0.1) is 0 Å². The van der Waals surface area contributed by atoms with Crippen molar-refractivity contribution in [2.24, 2.45) is 0 Å². The number of halogens is 1. The van der Waals surface area contributed by atoms with Gasteiger partial charge in [0.05, 0.1) is 27.0 Å². The van der Waals surface area contributed by atoms with Crippen LogP contribution in [0.4, 0.5) is 5.69 Å². The minimum absolute atomic E-state index is 0.0470. The van der Waals surface area contributed by atoms with Gasteiger partial charge in [0.2, 0.25) is 5.75 Å². The van der Waals surface area contributed by atoms with E-state index in [1.54, 1.807) is 28.4 Å². The standard InChI is InChI=1S/C18H21BINO5S/c1-23-13-9-11(10-14(24-2)18(13)25-3)5-6-12-7-8-15(17(22)16(12)21)27-19(20)26-4/h5-10,22H,21H2,1-4H3/b6-5-. The molecule has 2 aromatic rings. The molecule has 0 saturated heterocycles. The molecule has 0 aliphatic rings. The van der Waals surface area contributed by atoms with Crippen LogP contribution in [-0.4, -0.2) is 37.6 Å². The summed E-state index contributed by atoms with van der Waals surface area (Å²) in [7, 11) is 6.30. The molecule has 0 aliphatic carbocycles. The summed E-state index contributed by atoms with van der Waals surface area (Å²) in [6.45, 7) is 0. The number of nitrogen functional groups attached to an aromatic ring is 1. The number of rotatable bonds is 8. The molecule has 0 saturated carbocycles. The zero-order chi connectivity index (χ0) is 20.0. The van der Waals surface area contributed by atoms with Gasteiger partial charge in [0, 0.05) is 17.6 Å². The van der Waals surface area contributed by atoms with E-state index < -0.39 is 0 Å². The van der Waals surface area contributed by atoms with Crippen LogP contribution >= 0.6 is 34.0 Å². The second-order valence-corrected chi connectivity index (χ2v) is 8.42. The minimum atomic E-state index is -0.117. The lowest BCUT2D eigenvalue weighted by Crippen LogP contribution is -2.01. The topological polar surface area (TPSA) is 83.2 Å². The van der Waals surface area contributed by atoms with Gasteiger partial charge in [-0.05, 0) is 23.8 Å². The number of phenolic OH excluding ortho intramolecular Hbond substituents is 1. The molecule has 27 heavy (non-hydrogen) atoms. The first-order valence-corrected chi connectivity index (χ1v) is 10.0. The summed E-state index contributed by atoms with van der Waals surface area (Å²) in [4.78, 5) is 0.665. The molecular formula is C18H21BINO5S. The normalized spacial score (nSPS) is 10.9. The zero-order valence-electron chi connectivity index (χ0n) is 15.5. The van der Waals surface area contributed by atoms with Crippen LogP contribution in [0.25, 0.3) is 12.2 Å². The van der Waals surface area contributed by atoms with E-state index in [1.165, 1.54) is 11.6 Å². The van der Waals surface area contributed by atoms with Crippen molar-refractivity contribution < 1.29 is 24.0 Å². The van der Waals surface area contributed by atoms with Gasteiger partial charge in [0.15, 0.2) is 17.2 Å². The Morgan fingerprint density at radius 1 is 1.04 bits per heavy atom. The molecule has 0 unspecified atom stereocenters. The van der Waals surface area contributed by atoms with E-state index in [-0.39, 0.29) is 9.80 Å². The van der Waals surface area contributed by atoms with Gasteiger partial charge in [-0.15, -0.1) is 11.6 Å². The fraction of sp³-hybridized carbons (Fsp3) is 0.222. The SMILES string of the molecule is COB(I)Sc1ccc(/C=C\c2cc(OC)c(OC)c(OC)c2)c(N)c1O. The molecule has 0 bridgehead atoms. The molecule has 0 heterocycles. The number of ether oxygens (including phenoxy) is 3. The molecule has 0 radical (unpaired) electrons. The minimum Gasteiger partial charge on any atom is -0.505 e. The summed E-state index contributed by atoms with van der Waals surface area (Å²) in [5.74, 6) is 1.70. The molecule has 2 rings (SSSR count). The van der Waals surface area contributed by atoms with E-state index in [0.717, 1.165) is 5.56 Å². The highest BCUT2D eigenvalue weighted by Gasteiger charge is 2.17. The molecule has 0 aromatic heterocycles. The Morgan fingerprint density at radius 3 is 2.19 bits per heavy atom. The number of anilines is 1. The summed E-state index contributed by atoms with van der Waals surface area (Å²) in [6.07, 6.45) is 3.68. The Bertz CT molecular complexity index is 809. The first-order valence-electron chi connectivity index (χ1n) is 7.88. The van der Waals surface area contributed by atoms with Crippen molar-refractivity contribution >= 4 is 55.9 Å². The Hall–Kier alpha value is -1.72. The molecule has 0 spiro atoms. The molecule has 0 aliphatic heterocycles. The van der Waals surface area contributed by atoms with Crippen molar-refractivity contribution in [1.82, 2.24) is 0 Å². The van der Waals surface area contributed by atoms with Crippen molar-refractivity contribution in [1.29, 1.82) is 0 Å². The summed E-state index contributed by atoms with van der Waals surface area (Å²) >= 11 is 3.52. The number of hydrogen-bond acceptors (Lipinski definition) is 7. The van der Waals surface area contributed by atoms with E-state index in [0.29, 0.717) is 33.4 Å². The quantitative estimate of drug-likeness (QED) is 0.183. The molecule has 0 fully saturated rings. The highest BCUT2D eigenvalue weighted by atomic mass is 127. The summed E-state index contributed by atoms with van der Waals surface area (Å²) < 4.78 is 21.1. The Morgan fingerprint density at radius 2 is 1.67 bits per heavy atom. The lowest BCUT2D eigenvalue weighted by atomic mass is 10.1. The second kappa shape index (κ2) is 10.0. The molecule has 2 aromatic carbocycles. The van der Waals surface area contributed by atoms with Crippen LogP contribution in [0.15, 0.2) is 29.2 Å². The number of nitrogens with two attached hydrogens (primary N) is 1. The third kappa shape index (κ3) is 5.17. The van der Waals surface area contributed by atoms with E-state index in [1.807, 2.05) is 36.4 Å². The third-order valence-corrected chi connectivity index (χ3v) is 5.99. The van der Waals surface area contributed by atoms with Crippen LogP contribution in [0.3, 0.4) is 0 Å². The smallest absolute Gasteiger partial charge is 0.439 e. The van der Waals surface area contributed by atoms with E-state index in [9.17, 15) is 5.11 Å². The van der Waals surface area contributed by atoms with Gasteiger partial charge in [0.1, 0.15) is 0 Å². The van der Waals surface area contributed by atoms with Gasteiger partial charge >= 0.3 is 4.05 Å². The summed E-state index contributed by atoms with van der Waals surface area (Å²) in [5.41, 5.74) is 7.95. The van der Waals surface area contributed by atoms with Gasteiger partial charge in [-0.2, -0.15) is 0 Å². The van der Waals surface area contributed by atoms with Gasteiger partial charge in [-0.25, -0.2) is 0 Å². The lowest BCUT2D eigenvalue weighted by Gasteiger charge is -2.13. The van der Waals surface area contributed by atoms with Crippen LogP contribution in [0.2, 0.25) is 0 Å². The van der Waals surface area contributed by atoms with Crippen LogP contribution in [0.5, 0.6) is 23.0 Å². The van der Waals surface area contributed by atoms with Gasteiger partial charge in [-0.3, -0.25) is 0 Å². The first kappa shape index (κ1) is 21.6. The largest absolute Gasteiger partial charge is 0.505 e. The zero-order valence-corrected chi connectivity index (χ0v) is 18.5. The first-order chi connectivity index (χ1) is 12.9. The predicted octanol–water partition coefficient (Wildman–Crippen LogP) is 4.33. The molecule has 144 valence electrons. The monoisotopic (exact) mass is 501 g/mol. The maximum atomic E-state index is 10.4. The van der Waals surface area contributed by atoms with Crippen molar-refractivity contribution in [3.63, 3.8) is 0 Å². The van der Waals surface area contributed by atoms with Gasteiger partial charge < -0.3 is 29.7 Å². The maximum absolute atomic E-state index is 10.4. The molecular weight excluding hydrogens is 480 g/mol. The lowest BCUT2D eigenvalue weighted by molar-refractivity contribution is 0.324. The number of methoxy groups -OCH3 is 3. The van der Waals surface area contributed by atoms with Crippen molar-refractivity contribution in [2.45, 2.75) is 4.90 Å². The number of aromatic hydroxyl groups is 1. The fourth-order valence-electron chi connectivity index (χ4n) is 2.38. The summed E-state index contributed by atoms with van der Waals surface area (Å²) in [5, 5.41) is 10.4. The maximum Gasteiger partial charge on any atom is 0.439 e. The number of phenols is 1. The predicted molar refractivity (Wildman–Crippen MR) is 120 cm³/mol. The average Bonchev–Trinajstić information content (AvgIpc) is 2.69. The molecule has 6 nitrogen and oxygen atoms in total.